The number of aromatic hydroxyl groups is 2. The van der Waals surface area contributed by atoms with Crippen molar-refractivity contribution in [3.63, 3.8) is 0 Å². The Morgan fingerprint density at radius 2 is 1.79 bits per heavy atom. The highest BCUT2D eigenvalue weighted by molar-refractivity contribution is 8.20. The van der Waals surface area contributed by atoms with Gasteiger partial charge in [0, 0.05) is 23.0 Å². The Kier molecular flexibility index (Phi) is 7.72. The molecule has 1 heterocycles. The maximum Gasteiger partial charge on any atom is 0.123 e. The van der Waals surface area contributed by atoms with E-state index in [1.807, 2.05) is 35.7 Å². The van der Waals surface area contributed by atoms with Gasteiger partial charge in [-0.25, -0.2) is 0 Å². The number of phenols is 2. The zero-order chi connectivity index (χ0) is 21.0. The standard InChI is InChI=1S/C25H36O2S2/c1-5-6-7-8-11-25(28-12-13-29-25)19-15-22(26)24(23(27)16-19)21-14-18(4)9-10-20(21)17(2)3/h14-16,20-21,26-27H,2,5-13H2,1,3-4H3/t20?,21-/m1/s1. The minimum absolute atomic E-state index is 0.000289. The molecule has 1 saturated heterocycles. The van der Waals surface area contributed by atoms with E-state index in [0.717, 1.165) is 41.9 Å². The van der Waals surface area contributed by atoms with Crippen molar-refractivity contribution in [1.82, 2.24) is 0 Å². The molecule has 29 heavy (non-hydrogen) atoms. The van der Waals surface area contributed by atoms with E-state index >= 15 is 0 Å². The lowest BCUT2D eigenvalue weighted by molar-refractivity contribution is 0.405. The number of rotatable bonds is 8. The van der Waals surface area contributed by atoms with Crippen molar-refractivity contribution >= 4 is 23.5 Å². The largest absolute Gasteiger partial charge is 0.507 e. The molecule has 160 valence electrons. The molecule has 1 aromatic rings. The summed E-state index contributed by atoms with van der Waals surface area (Å²) in [6, 6.07) is 3.88. The number of phenolic OH excluding ortho intramolecular Hbond substituents is 2. The number of benzene rings is 1. The fraction of sp³-hybridized carbons (Fsp3) is 0.600. The molecule has 0 aromatic heterocycles. The normalized spacial score (nSPS) is 23.8. The molecule has 0 radical (unpaired) electrons. The molecule has 3 rings (SSSR count). The van der Waals surface area contributed by atoms with Crippen molar-refractivity contribution in [2.24, 2.45) is 5.92 Å². The maximum atomic E-state index is 11.1. The Balaban J connectivity index is 1.94. The predicted octanol–water partition coefficient (Wildman–Crippen LogP) is 7.72. The van der Waals surface area contributed by atoms with Crippen LogP contribution in [0.15, 0.2) is 35.9 Å². The molecule has 0 amide bonds. The highest BCUT2D eigenvalue weighted by Crippen LogP contribution is 2.57. The topological polar surface area (TPSA) is 40.5 Å². The number of allylic oxidation sites excluding steroid dienone is 3. The fourth-order valence-electron chi connectivity index (χ4n) is 4.79. The first-order valence-corrected chi connectivity index (χ1v) is 13.0. The van der Waals surface area contributed by atoms with Crippen LogP contribution in [-0.4, -0.2) is 21.7 Å². The first-order chi connectivity index (χ1) is 13.9. The lowest BCUT2D eigenvalue weighted by Crippen LogP contribution is -2.18. The molecule has 0 spiro atoms. The summed E-state index contributed by atoms with van der Waals surface area (Å²) >= 11 is 3.96. The van der Waals surface area contributed by atoms with Crippen molar-refractivity contribution in [2.45, 2.75) is 75.7 Å². The van der Waals surface area contributed by atoms with E-state index in [1.54, 1.807) is 0 Å². The predicted molar refractivity (Wildman–Crippen MR) is 129 cm³/mol. The van der Waals surface area contributed by atoms with Crippen LogP contribution in [0.4, 0.5) is 0 Å². The highest BCUT2D eigenvalue weighted by atomic mass is 32.2. The van der Waals surface area contributed by atoms with Crippen LogP contribution in [0, 0.1) is 5.92 Å². The monoisotopic (exact) mass is 432 g/mol. The Bertz CT molecular complexity index is 739. The maximum absolute atomic E-state index is 11.1. The lowest BCUT2D eigenvalue weighted by Gasteiger charge is -2.33. The number of hydrogen-bond donors (Lipinski definition) is 2. The fourth-order valence-corrected chi connectivity index (χ4v) is 8.09. The van der Waals surface area contributed by atoms with Gasteiger partial charge in [0.25, 0.3) is 0 Å². The van der Waals surface area contributed by atoms with Crippen LogP contribution in [-0.2, 0) is 4.08 Å². The third kappa shape index (κ3) is 5.02. The molecule has 2 N–H and O–H groups in total. The van der Waals surface area contributed by atoms with E-state index in [0.29, 0.717) is 5.56 Å². The number of thioether (sulfide) groups is 2. The zero-order valence-corrected chi connectivity index (χ0v) is 19.8. The minimum atomic E-state index is -0.0344. The summed E-state index contributed by atoms with van der Waals surface area (Å²) in [6.45, 7) is 10.6. The summed E-state index contributed by atoms with van der Waals surface area (Å²) in [5.74, 6) is 3.00. The average molecular weight is 433 g/mol. The molecular weight excluding hydrogens is 396 g/mol. The van der Waals surface area contributed by atoms with Crippen molar-refractivity contribution in [1.29, 1.82) is 0 Å². The van der Waals surface area contributed by atoms with Crippen LogP contribution in [0.5, 0.6) is 11.5 Å². The van der Waals surface area contributed by atoms with Gasteiger partial charge in [-0.15, -0.1) is 23.5 Å². The average Bonchev–Trinajstić information content (AvgIpc) is 3.15. The van der Waals surface area contributed by atoms with Gasteiger partial charge >= 0.3 is 0 Å². The summed E-state index contributed by atoms with van der Waals surface area (Å²) in [4.78, 5) is 0. The quantitative estimate of drug-likeness (QED) is 0.326. The Morgan fingerprint density at radius 1 is 1.14 bits per heavy atom. The van der Waals surface area contributed by atoms with Crippen molar-refractivity contribution in [3.05, 3.63) is 47.1 Å². The second kappa shape index (κ2) is 9.87. The molecular formula is C25H36O2S2. The van der Waals surface area contributed by atoms with Crippen LogP contribution >= 0.6 is 23.5 Å². The van der Waals surface area contributed by atoms with Crippen LogP contribution < -0.4 is 0 Å². The Morgan fingerprint density at radius 3 is 2.38 bits per heavy atom. The van der Waals surface area contributed by atoms with E-state index in [4.69, 9.17) is 0 Å². The molecule has 1 aliphatic heterocycles. The van der Waals surface area contributed by atoms with E-state index in [9.17, 15) is 10.2 Å². The summed E-state index contributed by atoms with van der Waals surface area (Å²) < 4.78 is -0.0344. The third-order valence-electron chi connectivity index (χ3n) is 6.40. The molecule has 1 aromatic carbocycles. The summed E-state index contributed by atoms with van der Waals surface area (Å²) in [6.07, 6.45) is 10.4. The van der Waals surface area contributed by atoms with Gasteiger partial charge in [-0.3, -0.25) is 0 Å². The number of hydrogen-bond acceptors (Lipinski definition) is 4. The van der Waals surface area contributed by atoms with E-state index in [2.05, 4.69) is 33.4 Å². The molecule has 0 bridgehead atoms. The molecule has 4 heteroatoms. The van der Waals surface area contributed by atoms with Crippen LogP contribution in [0.25, 0.3) is 0 Å². The van der Waals surface area contributed by atoms with Crippen molar-refractivity contribution in [2.75, 3.05) is 11.5 Å². The highest BCUT2D eigenvalue weighted by Gasteiger charge is 2.39. The summed E-state index contributed by atoms with van der Waals surface area (Å²) in [5.41, 5.74) is 4.19. The molecule has 1 unspecified atom stereocenters. The Hall–Kier alpha value is -1.000. The number of unbranched alkanes of at least 4 members (excludes halogenated alkanes) is 3. The SMILES string of the molecule is C=C(C)C1CCC(C)=C[C@H]1c1c(O)cc(C2(CCCCCC)SCCS2)cc1O. The molecule has 0 saturated carbocycles. The van der Waals surface area contributed by atoms with Gasteiger partial charge in [0.2, 0.25) is 0 Å². The summed E-state index contributed by atoms with van der Waals surface area (Å²) in [7, 11) is 0. The minimum Gasteiger partial charge on any atom is -0.507 e. The first kappa shape index (κ1) is 22.7. The third-order valence-corrected chi connectivity index (χ3v) is 10.00. The second-order valence-corrected chi connectivity index (χ2v) is 11.8. The van der Waals surface area contributed by atoms with Gasteiger partial charge in [-0.2, -0.15) is 0 Å². The van der Waals surface area contributed by atoms with Crippen molar-refractivity contribution < 1.29 is 10.2 Å². The molecule has 2 nitrogen and oxygen atoms in total. The molecule has 1 aliphatic carbocycles. The first-order valence-electron chi connectivity index (χ1n) is 11.0. The van der Waals surface area contributed by atoms with Crippen molar-refractivity contribution in [3.8, 4) is 11.5 Å². The smallest absolute Gasteiger partial charge is 0.123 e. The summed E-state index contributed by atoms with van der Waals surface area (Å²) in [5, 5.41) is 22.1. The molecule has 1 fully saturated rings. The van der Waals surface area contributed by atoms with Gasteiger partial charge in [-0.05, 0) is 56.7 Å². The van der Waals surface area contributed by atoms with Crippen LogP contribution in [0.2, 0.25) is 0 Å². The molecule has 2 aliphatic rings. The van der Waals surface area contributed by atoms with Gasteiger partial charge < -0.3 is 10.2 Å². The second-order valence-electron chi connectivity index (χ2n) is 8.72. The Labute approximate surface area is 185 Å². The lowest BCUT2D eigenvalue weighted by atomic mass is 9.73. The van der Waals surface area contributed by atoms with E-state index < -0.39 is 0 Å². The van der Waals surface area contributed by atoms with E-state index in [1.165, 1.54) is 31.3 Å². The van der Waals surface area contributed by atoms with Crippen LogP contribution in [0.1, 0.15) is 82.8 Å². The van der Waals surface area contributed by atoms with Gasteiger partial charge in [-0.1, -0.05) is 56.4 Å². The van der Waals surface area contributed by atoms with Gasteiger partial charge in [0.15, 0.2) is 0 Å². The van der Waals surface area contributed by atoms with Gasteiger partial charge in [0.05, 0.1) is 4.08 Å². The van der Waals surface area contributed by atoms with Crippen LogP contribution in [0.3, 0.4) is 0 Å². The molecule has 2 atom stereocenters. The zero-order valence-electron chi connectivity index (χ0n) is 18.2. The van der Waals surface area contributed by atoms with E-state index in [-0.39, 0.29) is 27.4 Å². The van der Waals surface area contributed by atoms with Gasteiger partial charge in [0.1, 0.15) is 11.5 Å².